The summed E-state index contributed by atoms with van der Waals surface area (Å²) in [6.07, 6.45) is 1.03. The Kier molecular flexibility index (Phi) is 2.79. The zero-order valence-corrected chi connectivity index (χ0v) is 9.49. The van der Waals surface area contributed by atoms with E-state index in [-0.39, 0.29) is 11.1 Å². The summed E-state index contributed by atoms with van der Waals surface area (Å²) in [6, 6.07) is 7.19. The molecule has 0 aliphatic heterocycles. The minimum Gasteiger partial charge on any atom is -0.298 e. The summed E-state index contributed by atoms with van der Waals surface area (Å²) in [7, 11) is 0. The molecule has 3 nitrogen and oxygen atoms in total. The first-order valence-corrected chi connectivity index (χ1v) is 5.35. The van der Waals surface area contributed by atoms with E-state index in [1.807, 2.05) is 12.1 Å². The monoisotopic (exact) mass is 235 g/mol. The Balaban J connectivity index is 2.87. The van der Waals surface area contributed by atoms with Gasteiger partial charge in [0.15, 0.2) is 6.29 Å². The number of halogens is 1. The van der Waals surface area contributed by atoms with Crippen LogP contribution in [0.1, 0.15) is 28.5 Å². The SMILES string of the molecule is CCC(=O)n1c(Cl)c(C=O)c2ccccc21. The van der Waals surface area contributed by atoms with Crippen molar-refractivity contribution in [1.29, 1.82) is 0 Å². The third kappa shape index (κ3) is 1.44. The Hall–Kier alpha value is -1.61. The molecule has 0 spiro atoms. The molecule has 1 aromatic carbocycles. The van der Waals surface area contributed by atoms with Gasteiger partial charge in [0, 0.05) is 11.8 Å². The van der Waals surface area contributed by atoms with E-state index in [4.69, 9.17) is 11.6 Å². The van der Waals surface area contributed by atoms with E-state index in [1.165, 1.54) is 4.57 Å². The Morgan fingerprint density at radius 3 is 2.75 bits per heavy atom. The summed E-state index contributed by atoms with van der Waals surface area (Å²) < 4.78 is 1.39. The highest BCUT2D eigenvalue weighted by Crippen LogP contribution is 2.28. The van der Waals surface area contributed by atoms with E-state index in [0.29, 0.717) is 29.2 Å². The quantitative estimate of drug-likeness (QED) is 0.750. The van der Waals surface area contributed by atoms with E-state index in [0.717, 1.165) is 0 Å². The van der Waals surface area contributed by atoms with Gasteiger partial charge >= 0.3 is 0 Å². The summed E-state index contributed by atoms with van der Waals surface area (Å²) in [5.74, 6) is -0.116. The second kappa shape index (κ2) is 4.10. The number of aromatic nitrogens is 1. The molecule has 0 aliphatic carbocycles. The van der Waals surface area contributed by atoms with Gasteiger partial charge in [-0.1, -0.05) is 36.7 Å². The highest BCUT2D eigenvalue weighted by atomic mass is 35.5. The number of carbonyl (C=O) groups excluding carboxylic acids is 2. The molecule has 0 atom stereocenters. The van der Waals surface area contributed by atoms with Crippen molar-refractivity contribution in [3.63, 3.8) is 0 Å². The molecule has 0 unspecified atom stereocenters. The van der Waals surface area contributed by atoms with E-state index < -0.39 is 0 Å². The molecular weight excluding hydrogens is 226 g/mol. The third-order valence-electron chi connectivity index (χ3n) is 2.52. The summed E-state index contributed by atoms with van der Waals surface area (Å²) >= 11 is 6.04. The second-order valence-electron chi connectivity index (χ2n) is 3.42. The zero-order chi connectivity index (χ0) is 11.7. The highest BCUT2D eigenvalue weighted by molar-refractivity contribution is 6.35. The number of aldehydes is 1. The van der Waals surface area contributed by atoms with E-state index >= 15 is 0 Å². The van der Waals surface area contributed by atoms with Gasteiger partial charge in [0.05, 0.1) is 11.1 Å². The van der Waals surface area contributed by atoms with Crippen LogP contribution in [0, 0.1) is 0 Å². The lowest BCUT2D eigenvalue weighted by molar-refractivity contribution is 0.0914. The molecule has 0 saturated carbocycles. The van der Waals surface area contributed by atoms with Gasteiger partial charge in [-0.3, -0.25) is 14.2 Å². The molecule has 4 heteroatoms. The molecule has 0 radical (unpaired) electrons. The lowest BCUT2D eigenvalue weighted by atomic mass is 10.2. The highest BCUT2D eigenvalue weighted by Gasteiger charge is 2.17. The summed E-state index contributed by atoms with van der Waals surface area (Å²) in [4.78, 5) is 22.7. The summed E-state index contributed by atoms with van der Waals surface area (Å²) in [5.41, 5.74) is 1.06. The van der Waals surface area contributed by atoms with Gasteiger partial charge in [-0.2, -0.15) is 0 Å². The third-order valence-corrected chi connectivity index (χ3v) is 2.90. The van der Waals surface area contributed by atoms with Gasteiger partial charge in [0.2, 0.25) is 5.91 Å². The molecule has 0 N–H and O–H groups in total. The van der Waals surface area contributed by atoms with Crippen LogP contribution < -0.4 is 0 Å². The smallest absolute Gasteiger partial charge is 0.231 e. The number of hydrogen-bond donors (Lipinski definition) is 0. The molecule has 0 fully saturated rings. The Bertz CT molecular complexity index is 572. The maximum atomic E-state index is 11.7. The van der Waals surface area contributed by atoms with Crippen LogP contribution in [0.15, 0.2) is 24.3 Å². The zero-order valence-electron chi connectivity index (χ0n) is 8.74. The lowest BCUT2D eigenvalue weighted by Crippen LogP contribution is -2.08. The van der Waals surface area contributed by atoms with Gasteiger partial charge in [-0.25, -0.2) is 0 Å². The number of rotatable bonds is 2. The van der Waals surface area contributed by atoms with Crippen LogP contribution in [-0.2, 0) is 0 Å². The predicted molar refractivity (Wildman–Crippen MR) is 63.3 cm³/mol. The second-order valence-corrected chi connectivity index (χ2v) is 3.78. The number of benzene rings is 1. The summed E-state index contributed by atoms with van der Waals surface area (Å²) in [6.45, 7) is 1.76. The van der Waals surface area contributed by atoms with Crippen LogP contribution >= 0.6 is 11.6 Å². The summed E-state index contributed by atoms with van der Waals surface area (Å²) in [5, 5.41) is 0.910. The minimum atomic E-state index is -0.116. The Morgan fingerprint density at radius 2 is 2.12 bits per heavy atom. The Morgan fingerprint density at radius 1 is 1.44 bits per heavy atom. The molecule has 82 valence electrons. The lowest BCUT2D eigenvalue weighted by Gasteiger charge is -2.02. The fourth-order valence-electron chi connectivity index (χ4n) is 1.75. The van der Waals surface area contributed by atoms with E-state index in [9.17, 15) is 9.59 Å². The predicted octanol–water partition coefficient (Wildman–Crippen LogP) is 3.16. The fourth-order valence-corrected chi connectivity index (χ4v) is 2.08. The molecule has 0 aliphatic rings. The van der Waals surface area contributed by atoms with Crippen LogP contribution in [0.5, 0.6) is 0 Å². The van der Waals surface area contributed by atoms with Crippen molar-refractivity contribution in [2.75, 3.05) is 0 Å². The van der Waals surface area contributed by atoms with Crippen LogP contribution in [0.25, 0.3) is 10.9 Å². The first-order valence-electron chi connectivity index (χ1n) is 4.98. The van der Waals surface area contributed by atoms with Gasteiger partial charge in [-0.05, 0) is 6.07 Å². The average molecular weight is 236 g/mol. The fraction of sp³-hybridized carbons (Fsp3) is 0.167. The van der Waals surface area contributed by atoms with E-state index in [2.05, 4.69) is 0 Å². The van der Waals surface area contributed by atoms with Crippen molar-refractivity contribution < 1.29 is 9.59 Å². The first-order chi connectivity index (χ1) is 7.70. The molecular formula is C12H10ClNO2. The van der Waals surface area contributed by atoms with Crippen molar-refractivity contribution in [3.8, 4) is 0 Å². The minimum absolute atomic E-state index is 0.116. The molecule has 1 heterocycles. The van der Waals surface area contributed by atoms with Gasteiger partial charge in [0.1, 0.15) is 5.15 Å². The molecule has 0 bridgehead atoms. The normalized spacial score (nSPS) is 10.6. The van der Waals surface area contributed by atoms with Gasteiger partial charge < -0.3 is 0 Å². The molecule has 2 aromatic rings. The maximum absolute atomic E-state index is 11.7. The van der Waals surface area contributed by atoms with Crippen molar-refractivity contribution in [2.24, 2.45) is 0 Å². The van der Waals surface area contributed by atoms with Crippen LogP contribution in [0.2, 0.25) is 5.15 Å². The number of nitrogens with zero attached hydrogens (tertiary/aromatic N) is 1. The first kappa shape index (κ1) is 10.9. The van der Waals surface area contributed by atoms with Crippen LogP contribution in [-0.4, -0.2) is 16.8 Å². The van der Waals surface area contributed by atoms with Gasteiger partial charge in [-0.15, -0.1) is 0 Å². The molecule has 0 amide bonds. The molecule has 1 aromatic heterocycles. The van der Waals surface area contributed by atoms with Gasteiger partial charge in [0.25, 0.3) is 0 Å². The topological polar surface area (TPSA) is 39.1 Å². The number of hydrogen-bond acceptors (Lipinski definition) is 2. The largest absolute Gasteiger partial charge is 0.298 e. The maximum Gasteiger partial charge on any atom is 0.231 e. The van der Waals surface area contributed by atoms with Crippen LogP contribution in [0.4, 0.5) is 0 Å². The van der Waals surface area contributed by atoms with Crippen molar-refractivity contribution in [3.05, 3.63) is 35.0 Å². The van der Waals surface area contributed by atoms with Crippen LogP contribution in [0.3, 0.4) is 0 Å². The van der Waals surface area contributed by atoms with Crippen molar-refractivity contribution in [2.45, 2.75) is 13.3 Å². The molecule has 0 saturated heterocycles. The number of carbonyl (C=O) groups is 2. The number of fused-ring (bicyclic) bond motifs is 1. The standard InChI is InChI=1S/C12H10ClNO2/c1-2-11(16)14-10-6-4-3-5-8(10)9(7-15)12(14)13/h3-7H,2H2,1H3. The molecule has 2 rings (SSSR count). The van der Waals surface area contributed by atoms with E-state index in [1.54, 1.807) is 19.1 Å². The average Bonchev–Trinajstić information content (AvgIpc) is 2.60. The molecule has 16 heavy (non-hydrogen) atoms. The van der Waals surface area contributed by atoms with Crippen molar-refractivity contribution in [1.82, 2.24) is 4.57 Å². The Labute approximate surface area is 97.6 Å². The van der Waals surface area contributed by atoms with Crippen molar-refractivity contribution >= 4 is 34.7 Å². The number of para-hydroxylation sites is 1.